The second-order valence-electron chi connectivity index (χ2n) is 3.87. The van der Waals surface area contributed by atoms with Gasteiger partial charge in [-0.1, -0.05) is 6.92 Å². The Bertz CT molecular complexity index is 254. The molecule has 0 aromatic heterocycles. The summed E-state index contributed by atoms with van der Waals surface area (Å²) < 4.78 is 0. The standard InChI is InChI=1S/C9H16N2O3/c1-3-9(2,7(12)13)6-11-5-4-10-8(11)14/h3-6H2,1-2H3,(H,10,14)(H,12,13). The van der Waals surface area contributed by atoms with Gasteiger partial charge in [0.2, 0.25) is 0 Å². The second-order valence-corrected chi connectivity index (χ2v) is 3.87. The molecule has 5 nitrogen and oxygen atoms in total. The van der Waals surface area contributed by atoms with Crippen molar-refractivity contribution in [2.75, 3.05) is 19.6 Å². The SMILES string of the molecule is CCC(C)(CN1CCNC1=O)C(=O)O. The van der Waals surface area contributed by atoms with Crippen LogP contribution < -0.4 is 5.32 Å². The Morgan fingerprint density at radius 1 is 1.71 bits per heavy atom. The first-order chi connectivity index (χ1) is 6.49. The number of carboxylic acid groups (broad SMARTS) is 1. The molecular weight excluding hydrogens is 184 g/mol. The average Bonchev–Trinajstić information content (AvgIpc) is 2.51. The predicted octanol–water partition coefficient (Wildman–Crippen LogP) is 0.513. The van der Waals surface area contributed by atoms with E-state index in [1.165, 1.54) is 0 Å². The maximum absolute atomic E-state index is 11.2. The third kappa shape index (κ3) is 1.97. The maximum atomic E-state index is 11.2. The Morgan fingerprint density at radius 3 is 2.71 bits per heavy atom. The molecule has 1 fully saturated rings. The Labute approximate surface area is 83.1 Å². The molecule has 14 heavy (non-hydrogen) atoms. The first kappa shape index (κ1) is 10.8. The van der Waals surface area contributed by atoms with Crippen molar-refractivity contribution in [3.8, 4) is 0 Å². The number of carbonyl (C=O) groups excluding carboxylic acids is 1. The van der Waals surface area contributed by atoms with Crippen molar-refractivity contribution >= 4 is 12.0 Å². The smallest absolute Gasteiger partial charge is 0.317 e. The average molecular weight is 200 g/mol. The van der Waals surface area contributed by atoms with Gasteiger partial charge in [0.25, 0.3) is 0 Å². The second kappa shape index (κ2) is 3.86. The monoisotopic (exact) mass is 200 g/mol. The molecule has 1 unspecified atom stereocenters. The summed E-state index contributed by atoms with van der Waals surface area (Å²) in [4.78, 5) is 23.8. The lowest BCUT2D eigenvalue weighted by Crippen LogP contribution is -2.42. The summed E-state index contributed by atoms with van der Waals surface area (Å²) in [5.41, 5.74) is -0.832. The fourth-order valence-electron chi connectivity index (χ4n) is 1.41. The van der Waals surface area contributed by atoms with Crippen molar-refractivity contribution in [1.29, 1.82) is 0 Å². The lowest BCUT2D eigenvalue weighted by Gasteiger charge is -2.27. The van der Waals surface area contributed by atoms with Gasteiger partial charge in [-0.05, 0) is 13.3 Å². The van der Waals surface area contributed by atoms with Crippen molar-refractivity contribution in [3.63, 3.8) is 0 Å². The molecule has 0 aromatic carbocycles. The van der Waals surface area contributed by atoms with Crippen LogP contribution in [0.5, 0.6) is 0 Å². The summed E-state index contributed by atoms with van der Waals surface area (Å²) >= 11 is 0. The van der Waals surface area contributed by atoms with Crippen LogP contribution in [-0.2, 0) is 4.79 Å². The highest BCUT2D eigenvalue weighted by molar-refractivity contribution is 5.79. The molecule has 0 aromatic rings. The zero-order chi connectivity index (χ0) is 10.8. The summed E-state index contributed by atoms with van der Waals surface area (Å²) in [5.74, 6) is -0.847. The number of urea groups is 1. The number of carbonyl (C=O) groups is 2. The van der Waals surface area contributed by atoms with Crippen molar-refractivity contribution in [3.05, 3.63) is 0 Å². The van der Waals surface area contributed by atoms with E-state index in [9.17, 15) is 9.59 Å². The predicted molar refractivity (Wildman–Crippen MR) is 51.0 cm³/mol. The summed E-state index contributed by atoms with van der Waals surface area (Å²) in [5, 5.41) is 11.7. The van der Waals surface area contributed by atoms with E-state index in [1.807, 2.05) is 6.92 Å². The van der Waals surface area contributed by atoms with E-state index >= 15 is 0 Å². The number of nitrogens with one attached hydrogen (secondary N) is 1. The van der Waals surface area contributed by atoms with E-state index < -0.39 is 11.4 Å². The van der Waals surface area contributed by atoms with E-state index in [2.05, 4.69) is 5.32 Å². The molecule has 1 saturated heterocycles. The first-order valence-electron chi connectivity index (χ1n) is 4.76. The fraction of sp³-hybridized carbons (Fsp3) is 0.778. The lowest BCUT2D eigenvalue weighted by molar-refractivity contribution is -0.148. The molecule has 1 heterocycles. The van der Waals surface area contributed by atoms with Crippen LogP contribution in [0, 0.1) is 5.41 Å². The minimum atomic E-state index is -0.847. The van der Waals surface area contributed by atoms with Gasteiger partial charge in [-0.2, -0.15) is 0 Å². The number of hydrogen-bond donors (Lipinski definition) is 2. The largest absolute Gasteiger partial charge is 0.481 e. The van der Waals surface area contributed by atoms with Crippen LogP contribution in [0.15, 0.2) is 0 Å². The molecule has 5 heteroatoms. The van der Waals surface area contributed by atoms with Gasteiger partial charge in [-0.3, -0.25) is 4.79 Å². The Kier molecular flexibility index (Phi) is 2.98. The minimum absolute atomic E-state index is 0.161. The third-order valence-electron chi connectivity index (χ3n) is 2.78. The fourth-order valence-corrected chi connectivity index (χ4v) is 1.41. The normalized spacial score (nSPS) is 20.4. The maximum Gasteiger partial charge on any atom is 0.317 e. The Morgan fingerprint density at radius 2 is 2.36 bits per heavy atom. The molecular formula is C9H16N2O3. The zero-order valence-electron chi connectivity index (χ0n) is 8.54. The van der Waals surface area contributed by atoms with Crippen LogP contribution in [0.25, 0.3) is 0 Å². The molecule has 1 aliphatic rings. The number of amides is 2. The van der Waals surface area contributed by atoms with Gasteiger partial charge in [0.05, 0.1) is 5.41 Å². The van der Waals surface area contributed by atoms with Crippen molar-refractivity contribution in [2.45, 2.75) is 20.3 Å². The van der Waals surface area contributed by atoms with Gasteiger partial charge >= 0.3 is 12.0 Å². The summed E-state index contributed by atoms with van der Waals surface area (Å²) in [7, 11) is 0. The number of carboxylic acids is 1. The molecule has 1 rings (SSSR count). The quantitative estimate of drug-likeness (QED) is 0.694. The van der Waals surface area contributed by atoms with Crippen LogP contribution in [0.2, 0.25) is 0 Å². The van der Waals surface area contributed by atoms with Gasteiger partial charge in [0.1, 0.15) is 0 Å². The molecule has 2 amide bonds. The lowest BCUT2D eigenvalue weighted by atomic mass is 9.87. The summed E-state index contributed by atoms with van der Waals surface area (Å²) in [6.45, 7) is 4.98. The van der Waals surface area contributed by atoms with Gasteiger partial charge < -0.3 is 15.3 Å². The van der Waals surface area contributed by atoms with Crippen LogP contribution in [0.1, 0.15) is 20.3 Å². The highest BCUT2D eigenvalue weighted by Crippen LogP contribution is 2.23. The van der Waals surface area contributed by atoms with E-state index in [4.69, 9.17) is 5.11 Å². The molecule has 0 spiro atoms. The number of rotatable bonds is 4. The van der Waals surface area contributed by atoms with Gasteiger partial charge in [-0.15, -0.1) is 0 Å². The number of hydrogen-bond acceptors (Lipinski definition) is 2. The molecule has 2 N–H and O–H groups in total. The number of aliphatic carboxylic acids is 1. The van der Waals surface area contributed by atoms with Gasteiger partial charge in [0, 0.05) is 19.6 Å². The van der Waals surface area contributed by atoms with E-state index in [0.717, 1.165) is 0 Å². The number of nitrogens with zero attached hydrogens (tertiary/aromatic N) is 1. The first-order valence-corrected chi connectivity index (χ1v) is 4.76. The third-order valence-corrected chi connectivity index (χ3v) is 2.78. The van der Waals surface area contributed by atoms with Crippen LogP contribution in [0.3, 0.4) is 0 Å². The van der Waals surface area contributed by atoms with E-state index in [-0.39, 0.29) is 12.6 Å². The summed E-state index contributed by atoms with van der Waals surface area (Å²) in [6, 6.07) is -0.161. The molecule has 80 valence electrons. The van der Waals surface area contributed by atoms with E-state index in [0.29, 0.717) is 19.5 Å². The Hall–Kier alpha value is -1.26. The topological polar surface area (TPSA) is 69.6 Å². The van der Waals surface area contributed by atoms with Crippen molar-refractivity contribution < 1.29 is 14.7 Å². The molecule has 0 bridgehead atoms. The summed E-state index contributed by atoms with van der Waals surface area (Å²) in [6.07, 6.45) is 0.520. The van der Waals surface area contributed by atoms with Crippen molar-refractivity contribution in [2.24, 2.45) is 5.41 Å². The zero-order valence-corrected chi connectivity index (χ0v) is 8.54. The molecule has 0 radical (unpaired) electrons. The highest BCUT2D eigenvalue weighted by atomic mass is 16.4. The molecule has 1 aliphatic heterocycles. The highest BCUT2D eigenvalue weighted by Gasteiger charge is 2.36. The van der Waals surface area contributed by atoms with Crippen LogP contribution >= 0.6 is 0 Å². The molecule has 1 atom stereocenters. The molecule has 0 saturated carbocycles. The van der Waals surface area contributed by atoms with Crippen LogP contribution in [-0.4, -0.2) is 41.6 Å². The van der Waals surface area contributed by atoms with Gasteiger partial charge in [-0.25, -0.2) is 4.79 Å². The van der Waals surface area contributed by atoms with Crippen LogP contribution in [0.4, 0.5) is 4.79 Å². The van der Waals surface area contributed by atoms with E-state index in [1.54, 1.807) is 11.8 Å². The van der Waals surface area contributed by atoms with Crippen molar-refractivity contribution in [1.82, 2.24) is 10.2 Å². The van der Waals surface area contributed by atoms with Gasteiger partial charge in [0.15, 0.2) is 0 Å². The molecule has 0 aliphatic carbocycles. The minimum Gasteiger partial charge on any atom is -0.481 e. The Balaban J connectivity index is 2.64.